The number of piperidine rings is 1. The van der Waals surface area contributed by atoms with Gasteiger partial charge in [-0.1, -0.05) is 12.8 Å². The van der Waals surface area contributed by atoms with Crippen molar-refractivity contribution in [2.24, 2.45) is 11.8 Å². The molecular weight excluding hydrogens is 392 g/mol. The highest BCUT2D eigenvalue weighted by molar-refractivity contribution is 6.08. The van der Waals surface area contributed by atoms with E-state index in [1.54, 1.807) is 6.20 Å². The third-order valence-corrected chi connectivity index (χ3v) is 6.04. The molecule has 0 unspecified atom stereocenters. The van der Waals surface area contributed by atoms with Crippen molar-refractivity contribution in [1.82, 2.24) is 24.8 Å². The number of fused-ring (bicyclic) bond motifs is 1. The Morgan fingerprint density at radius 2 is 1.97 bits per heavy atom. The number of nitrogens with one attached hydrogen (secondary N) is 2. The monoisotopic (exact) mass is 415 g/mol. The van der Waals surface area contributed by atoms with Gasteiger partial charge in [0.25, 0.3) is 12.3 Å². The second-order valence-corrected chi connectivity index (χ2v) is 8.17. The van der Waals surface area contributed by atoms with E-state index in [1.165, 1.54) is 30.0 Å². The number of H-pyrrole nitrogens is 1. The first kappa shape index (κ1) is 19.0. The average Bonchev–Trinajstić information content (AvgIpc) is 3.25. The minimum absolute atomic E-state index is 0.0526. The van der Waals surface area contributed by atoms with Crippen LogP contribution in [0, 0.1) is 11.8 Å². The highest BCUT2D eigenvalue weighted by atomic mass is 19.3. The minimum atomic E-state index is -2.76. The number of carbonyl (C=O) groups is 1. The van der Waals surface area contributed by atoms with E-state index in [0.717, 1.165) is 49.8 Å². The molecule has 5 rings (SSSR count). The van der Waals surface area contributed by atoms with Crippen LogP contribution in [-0.2, 0) is 0 Å². The fourth-order valence-corrected chi connectivity index (χ4v) is 4.17. The fraction of sp³-hybridized carbons (Fsp3) is 0.500. The molecule has 3 aromatic rings. The second-order valence-electron chi connectivity index (χ2n) is 8.17. The number of anilines is 2. The summed E-state index contributed by atoms with van der Waals surface area (Å²) in [4.78, 5) is 19.6. The maximum Gasteiger partial charge on any atom is 0.281 e. The number of amides is 1. The first-order valence-corrected chi connectivity index (χ1v) is 10.3. The number of halogens is 2. The Morgan fingerprint density at radius 1 is 1.20 bits per heavy atom. The van der Waals surface area contributed by atoms with Gasteiger partial charge in [-0.25, -0.2) is 18.3 Å². The van der Waals surface area contributed by atoms with E-state index in [1.807, 2.05) is 6.07 Å². The molecule has 3 aromatic heterocycles. The number of aromatic nitrogens is 5. The van der Waals surface area contributed by atoms with Crippen molar-refractivity contribution >= 4 is 23.1 Å². The largest absolute Gasteiger partial charge is 0.356 e. The molecule has 30 heavy (non-hydrogen) atoms. The topological polar surface area (TPSA) is 91.2 Å². The molecule has 1 saturated carbocycles. The van der Waals surface area contributed by atoms with Crippen LogP contribution in [0.15, 0.2) is 24.7 Å². The van der Waals surface area contributed by atoms with E-state index in [2.05, 4.69) is 30.5 Å². The molecule has 0 bridgehead atoms. The Labute approximate surface area is 171 Å². The first-order valence-electron chi connectivity index (χ1n) is 10.3. The van der Waals surface area contributed by atoms with Crippen LogP contribution in [0.2, 0.25) is 0 Å². The molecule has 1 aliphatic carbocycles. The number of carbonyl (C=O) groups excluding carboxylic acids is 1. The van der Waals surface area contributed by atoms with Crippen LogP contribution >= 0.6 is 0 Å². The van der Waals surface area contributed by atoms with Gasteiger partial charge in [0.1, 0.15) is 17.1 Å². The second kappa shape index (κ2) is 7.66. The Bertz CT molecular complexity index is 1050. The molecule has 1 saturated heterocycles. The molecule has 2 N–H and O–H groups in total. The summed E-state index contributed by atoms with van der Waals surface area (Å²) in [5.41, 5.74) is 0.139. The van der Waals surface area contributed by atoms with E-state index in [-0.39, 0.29) is 11.3 Å². The van der Waals surface area contributed by atoms with Gasteiger partial charge in [-0.05, 0) is 37.2 Å². The van der Waals surface area contributed by atoms with Gasteiger partial charge in [-0.2, -0.15) is 10.2 Å². The Hall–Kier alpha value is -3.04. The molecule has 158 valence electrons. The summed E-state index contributed by atoms with van der Waals surface area (Å²) in [5, 5.41) is 12.4. The lowest BCUT2D eigenvalue weighted by atomic mass is 9.91. The van der Waals surface area contributed by atoms with Crippen molar-refractivity contribution in [3.63, 3.8) is 0 Å². The van der Waals surface area contributed by atoms with Crippen LogP contribution in [0.1, 0.15) is 54.6 Å². The van der Waals surface area contributed by atoms with Crippen LogP contribution in [-0.4, -0.2) is 43.8 Å². The predicted octanol–water partition coefficient (Wildman–Crippen LogP) is 3.66. The van der Waals surface area contributed by atoms with Gasteiger partial charge >= 0.3 is 0 Å². The predicted molar refractivity (Wildman–Crippen MR) is 107 cm³/mol. The van der Waals surface area contributed by atoms with Crippen LogP contribution in [0.5, 0.6) is 0 Å². The van der Waals surface area contributed by atoms with Crippen molar-refractivity contribution in [3.05, 3.63) is 35.9 Å². The molecule has 0 aromatic carbocycles. The maximum absolute atomic E-state index is 13.0. The highest BCUT2D eigenvalue weighted by Crippen LogP contribution is 2.38. The molecule has 1 aliphatic heterocycles. The minimum Gasteiger partial charge on any atom is -0.356 e. The SMILES string of the molecule is O=C(Nc1cn[nH]c1C(F)F)c1cnn2ccc(N3CCC(CC4CC4)CC3)nc12. The molecule has 4 heterocycles. The summed E-state index contributed by atoms with van der Waals surface area (Å²) >= 11 is 0. The molecule has 0 spiro atoms. The quantitative estimate of drug-likeness (QED) is 0.641. The summed E-state index contributed by atoms with van der Waals surface area (Å²) in [6, 6.07) is 1.90. The Balaban J connectivity index is 1.33. The molecular formula is C20H23F2N7O. The molecule has 1 amide bonds. The van der Waals surface area contributed by atoms with Crippen LogP contribution < -0.4 is 10.2 Å². The van der Waals surface area contributed by atoms with Crippen LogP contribution in [0.3, 0.4) is 0 Å². The number of aromatic amines is 1. The van der Waals surface area contributed by atoms with E-state index in [9.17, 15) is 13.6 Å². The van der Waals surface area contributed by atoms with Gasteiger partial charge in [0.15, 0.2) is 5.65 Å². The zero-order valence-corrected chi connectivity index (χ0v) is 16.4. The van der Waals surface area contributed by atoms with Crippen LogP contribution in [0.4, 0.5) is 20.3 Å². The van der Waals surface area contributed by atoms with Gasteiger partial charge in [-0.15, -0.1) is 0 Å². The lowest BCUT2D eigenvalue weighted by Crippen LogP contribution is -2.34. The van der Waals surface area contributed by atoms with Crippen molar-refractivity contribution in [2.45, 2.75) is 38.5 Å². The number of hydrogen-bond acceptors (Lipinski definition) is 5. The number of rotatable bonds is 6. The lowest BCUT2D eigenvalue weighted by molar-refractivity contribution is 0.102. The van der Waals surface area contributed by atoms with Gasteiger partial charge in [-0.3, -0.25) is 9.89 Å². The molecule has 2 aliphatic rings. The number of nitrogens with zero attached hydrogens (tertiary/aromatic N) is 5. The smallest absolute Gasteiger partial charge is 0.281 e. The van der Waals surface area contributed by atoms with Crippen molar-refractivity contribution in [2.75, 3.05) is 23.3 Å². The average molecular weight is 415 g/mol. The zero-order valence-electron chi connectivity index (χ0n) is 16.4. The maximum atomic E-state index is 13.0. The highest BCUT2D eigenvalue weighted by Gasteiger charge is 2.28. The summed E-state index contributed by atoms with van der Waals surface area (Å²) in [5.74, 6) is 2.00. The molecule has 0 atom stereocenters. The molecule has 8 nitrogen and oxygen atoms in total. The Morgan fingerprint density at radius 3 is 2.70 bits per heavy atom. The summed E-state index contributed by atoms with van der Waals surface area (Å²) < 4.78 is 27.5. The fourth-order valence-electron chi connectivity index (χ4n) is 4.17. The molecule has 10 heteroatoms. The molecule has 0 radical (unpaired) electrons. The number of alkyl halides is 2. The van der Waals surface area contributed by atoms with Crippen molar-refractivity contribution < 1.29 is 13.6 Å². The standard InChI is InChI=1S/C20H23F2N7O/c21-18(22)17-15(11-23-27-17)25-20(30)14-10-24-29-8-5-16(26-19(14)29)28-6-3-13(4-7-28)9-12-1-2-12/h5,8,10-13,18H,1-4,6-7,9H2,(H,23,27)(H,25,30). The lowest BCUT2D eigenvalue weighted by Gasteiger charge is -2.32. The molecule has 2 fully saturated rings. The zero-order chi connectivity index (χ0) is 20.7. The van der Waals surface area contributed by atoms with Gasteiger partial charge in [0.2, 0.25) is 0 Å². The van der Waals surface area contributed by atoms with E-state index < -0.39 is 18.0 Å². The third kappa shape index (κ3) is 3.73. The summed E-state index contributed by atoms with van der Waals surface area (Å²) in [6.07, 6.45) is 8.01. The Kier molecular flexibility index (Phi) is 4.84. The van der Waals surface area contributed by atoms with E-state index in [0.29, 0.717) is 5.65 Å². The third-order valence-electron chi connectivity index (χ3n) is 6.04. The normalized spacial score (nSPS) is 17.8. The summed E-state index contributed by atoms with van der Waals surface area (Å²) in [7, 11) is 0. The van der Waals surface area contributed by atoms with Crippen molar-refractivity contribution in [1.29, 1.82) is 0 Å². The van der Waals surface area contributed by atoms with Gasteiger partial charge < -0.3 is 10.2 Å². The van der Waals surface area contributed by atoms with Gasteiger partial charge in [0, 0.05) is 19.3 Å². The summed E-state index contributed by atoms with van der Waals surface area (Å²) in [6.45, 7) is 1.89. The van der Waals surface area contributed by atoms with Crippen molar-refractivity contribution in [3.8, 4) is 0 Å². The first-order chi connectivity index (χ1) is 14.6. The van der Waals surface area contributed by atoms with Crippen LogP contribution in [0.25, 0.3) is 5.65 Å². The van der Waals surface area contributed by atoms with E-state index in [4.69, 9.17) is 0 Å². The number of hydrogen-bond donors (Lipinski definition) is 2. The van der Waals surface area contributed by atoms with Gasteiger partial charge in [0.05, 0.1) is 18.1 Å². The van der Waals surface area contributed by atoms with E-state index >= 15 is 0 Å².